The molecule has 1 N–H and O–H groups in total. The van der Waals surface area contributed by atoms with Crippen molar-refractivity contribution in [2.45, 2.75) is 65.5 Å². The molecule has 0 spiro atoms. The lowest BCUT2D eigenvalue weighted by Crippen LogP contribution is -2.27. The number of benzene rings is 1. The summed E-state index contributed by atoms with van der Waals surface area (Å²) in [7, 11) is 0. The summed E-state index contributed by atoms with van der Waals surface area (Å²) >= 11 is 0. The maximum absolute atomic E-state index is 13.2. The smallest absolute Gasteiger partial charge is 0.416 e. The molecule has 0 saturated heterocycles. The molecule has 1 aromatic rings. The van der Waals surface area contributed by atoms with Crippen LogP contribution in [0, 0.1) is 5.41 Å². The van der Waals surface area contributed by atoms with Gasteiger partial charge in [0.2, 0.25) is 0 Å². The van der Waals surface area contributed by atoms with Crippen LogP contribution in [0.1, 0.15) is 64.2 Å². The number of aliphatic carboxylic acids is 1. The largest absolute Gasteiger partial charge is 0.481 e. The molecule has 1 aromatic carbocycles. The number of halogens is 3. The first-order valence-corrected chi connectivity index (χ1v) is 7.75. The van der Waals surface area contributed by atoms with E-state index in [1.54, 1.807) is 40.7 Å². The molecule has 2 nitrogen and oxygen atoms in total. The Morgan fingerprint density at radius 1 is 1.09 bits per heavy atom. The van der Waals surface area contributed by atoms with E-state index in [4.69, 9.17) is 0 Å². The summed E-state index contributed by atoms with van der Waals surface area (Å²) in [5.41, 5.74) is -1.13. The Morgan fingerprint density at radius 3 is 2.04 bits per heavy atom. The number of hydrogen-bond acceptors (Lipinski definition) is 1. The molecular weight excluding hydrogens is 305 g/mol. The number of rotatable bonds is 5. The van der Waals surface area contributed by atoms with Crippen LogP contribution in [0.5, 0.6) is 0 Å². The first-order chi connectivity index (χ1) is 10.3. The second kappa shape index (κ2) is 6.54. The second-order valence-corrected chi connectivity index (χ2v) is 7.35. The summed E-state index contributed by atoms with van der Waals surface area (Å²) in [6.45, 7) is 8.71. The van der Waals surface area contributed by atoms with Crippen LogP contribution in [0.15, 0.2) is 18.2 Å². The molecular formula is C18H25F3O2. The Balaban J connectivity index is 3.15. The quantitative estimate of drug-likeness (QED) is 0.781. The van der Waals surface area contributed by atoms with Gasteiger partial charge in [-0.15, -0.1) is 0 Å². The zero-order chi connectivity index (χ0) is 18.1. The van der Waals surface area contributed by atoms with Gasteiger partial charge >= 0.3 is 12.1 Å². The summed E-state index contributed by atoms with van der Waals surface area (Å²) in [5.74, 6) is -0.872. The van der Waals surface area contributed by atoms with Crippen LogP contribution in [-0.4, -0.2) is 11.1 Å². The normalized spacial score (nSPS) is 15.3. The molecule has 0 radical (unpaired) electrons. The third-order valence-electron chi connectivity index (χ3n) is 4.46. The Morgan fingerprint density at radius 2 is 1.65 bits per heavy atom. The lowest BCUT2D eigenvalue weighted by atomic mass is 9.79. The van der Waals surface area contributed by atoms with Gasteiger partial charge in [0.1, 0.15) is 0 Å². The van der Waals surface area contributed by atoms with Crippen LogP contribution >= 0.6 is 0 Å². The molecule has 0 aliphatic rings. The minimum absolute atomic E-state index is 0.246. The van der Waals surface area contributed by atoms with E-state index in [0.717, 1.165) is 11.6 Å². The van der Waals surface area contributed by atoms with Gasteiger partial charge in [0.15, 0.2) is 0 Å². The molecule has 0 aromatic heterocycles. The van der Waals surface area contributed by atoms with Crippen molar-refractivity contribution < 1.29 is 23.1 Å². The molecule has 130 valence electrons. The fourth-order valence-corrected chi connectivity index (χ4v) is 2.47. The van der Waals surface area contributed by atoms with E-state index < -0.39 is 28.5 Å². The van der Waals surface area contributed by atoms with Gasteiger partial charge < -0.3 is 5.11 Å². The Bertz CT molecular complexity index is 571. The standard InChI is InChI=1S/C18H25F3O2/c1-6-17(5,15(22)23)10-9-12-7-8-13(18(19,20)21)14(11-12)16(2,3)4/h7-8,11H,6,9-10H2,1-5H3,(H,22,23)/t17-/m1/s1. The van der Waals surface area contributed by atoms with Gasteiger partial charge in [-0.05, 0) is 48.8 Å². The van der Waals surface area contributed by atoms with Gasteiger partial charge in [-0.25, -0.2) is 0 Å². The van der Waals surface area contributed by atoms with Crippen molar-refractivity contribution in [2.24, 2.45) is 5.41 Å². The number of carboxylic acids is 1. The maximum atomic E-state index is 13.2. The minimum atomic E-state index is -4.39. The lowest BCUT2D eigenvalue weighted by molar-refractivity contribution is -0.148. The molecule has 0 aliphatic carbocycles. The topological polar surface area (TPSA) is 37.3 Å². The molecule has 5 heteroatoms. The molecule has 0 heterocycles. The van der Waals surface area contributed by atoms with E-state index in [-0.39, 0.29) is 5.56 Å². The van der Waals surface area contributed by atoms with E-state index in [1.807, 2.05) is 0 Å². The highest BCUT2D eigenvalue weighted by Crippen LogP contribution is 2.38. The molecule has 0 saturated carbocycles. The predicted molar refractivity (Wildman–Crippen MR) is 84.5 cm³/mol. The number of carbonyl (C=O) groups is 1. The Kier molecular flexibility index (Phi) is 5.55. The van der Waals surface area contributed by atoms with Crippen molar-refractivity contribution >= 4 is 5.97 Å². The molecule has 23 heavy (non-hydrogen) atoms. The van der Waals surface area contributed by atoms with Gasteiger partial charge in [-0.2, -0.15) is 13.2 Å². The highest BCUT2D eigenvalue weighted by molar-refractivity contribution is 5.74. The fraction of sp³-hybridized carbons (Fsp3) is 0.611. The maximum Gasteiger partial charge on any atom is 0.416 e. The fourth-order valence-electron chi connectivity index (χ4n) is 2.47. The Labute approximate surface area is 135 Å². The van der Waals surface area contributed by atoms with Gasteiger partial charge in [0, 0.05) is 0 Å². The van der Waals surface area contributed by atoms with E-state index in [0.29, 0.717) is 19.3 Å². The van der Waals surface area contributed by atoms with Crippen molar-refractivity contribution in [3.63, 3.8) is 0 Å². The predicted octanol–water partition coefficient (Wildman–Crippen LogP) is 5.44. The third kappa shape index (κ3) is 4.72. The van der Waals surface area contributed by atoms with E-state index in [2.05, 4.69) is 0 Å². The van der Waals surface area contributed by atoms with Gasteiger partial charge in [-0.3, -0.25) is 4.79 Å². The van der Waals surface area contributed by atoms with Crippen LogP contribution < -0.4 is 0 Å². The molecule has 0 fully saturated rings. The van der Waals surface area contributed by atoms with Crippen molar-refractivity contribution in [3.8, 4) is 0 Å². The molecule has 0 aliphatic heterocycles. The zero-order valence-corrected chi connectivity index (χ0v) is 14.3. The number of hydrogen-bond donors (Lipinski definition) is 1. The van der Waals surface area contributed by atoms with E-state index >= 15 is 0 Å². The summed E-state index contributed by atoms with van der Waals surface area (Å²) in [4.78, 5) is 11.3. The molecule has 0 bridgehead atoms. The second-order valence-electron chi connectivity index (χ2n) is 7.35. The molecule has 1 atom stereocenters. The van der Waals surface area contributed by atoms with Gasteiger partial charge in [-0.1, -0.05) is 39.8 Å². The van der Waals surface area contributed by atoms with Gasteiger partial charge in [0.25, 0.3) is 0 Å². The van der Waals surface area contributed by atoms with E-state index in [9.17, 15) is 23.1 Å². The average molecular weight is 330 g/mol. The van der Waals surface area contributed by atoms with Crippen molar-refractivity contribution in [3.05, 3.63) is 34.9 Å². The highest BCUT2D eigenvalue weighted by Gasteiger charge is 2.36. The molecule has 0 unspecified atom stereocenters. The first kappa shape index (κ1) is 19.5. The highest BCUT2D eigenvalue weighted by atomic mass is 19.4. The average Bonchev–Trinajstić information content (AvgIpc) is 2.42. The van der Waals surface area contributed by atoms with Crippen molar-refractivity contribution in [1.82, 2.24) is 0 Å². The van der Waals surface area contributed by atoms with E-state index in [1.165, 1.54) is 6.07 Å². The van der Waals surface area contributed by atoms with Crippen LogP contribution in [0.4, 0.5) is 13.2 Å². The van der Waals surface area contributed by atoms with Crippen molar-refractivity contribution in [2.75, 3.05) is 0 Å². The van der Waals surface area contributed by atoms with Crippen LogP contribution in [0.3, 0.4) is 0 Å². The SMILES string of the molecule is CC[C@](C)(CCc1ccc(C(F)(F)F)c(C(C)(C)C)c1)C(=O)O. The Hall–Kier alpha value is -1.52. The van der Waals surface area contributed by atoms with Crippen LogP contribution in [-0.2, 0) is 22.8 Å². The lowest BCUT2D eigenvalue weighted by Gasteiger charge is -2.26. The number of aryl methyl sites for hydroxylation is 1. The third-order valence-corrected chi connectivity index (χ3v) is 4.46. The number of alkyl halides is 3. The zero-order valence-electron chi connectivity index (χ0n) is 14.3. The molecule has 0 amide bonds. The summed E-state index contributed by atoms with van der Waals surface area (Å²) in [5, 5.41) is 9.30. The van der Waals surface area contributed by atoms with Crippen LogP contribution in [0.25, 0.3) is 0 Å². The summed E-state index contributed by atoms with van der Waals surface area (Å²) in [6, 6.07) is 4.14. The van der Waals surface area contributed by atoms with Crippen LogP contribution in [0.2, 0.25) is 0 Å². The van der Waals surface area contributed by atoms with Gasteiger partial charge in [0.05, 0.1) is 11.0 Å². The number of carboxylic acid groups (broad SMARTS) is 1. The minimum Gasteiger partial charge on any atom is -0.481 e. The summed E-state index contributed by atoms with van der Waals surface area (Å²) in [6.07, 6.45) is -3.07. The monoisotopic (exact) mass is 330 g/mol. The van der Waals surface area contributed by atoms with Crippen molar-refractivity contribution in [1.29, 1.82) is 0 Å². The molecule has 1 rings (SSSR count). The summed E-state index contributed by atoms with van der Waals surface area (Å²) < 4.78 is 39.5. The first-order valence-electron chi connectivity index (χ1n) is 7.75.